The van der Waals surface area contributed by atoms with Crippen molar-refractivity contribution in [3.05, 3.63) is 29.1 Å². The normalized spacial score (nSPS) is 18.1. The zero-order valence-electron chi connectivity index (χ0n) is 16.8. The van der Waals surface area contributed by atoms with Gasteiger partial charge in [-0.25, -0.2) is 4.39 Å². The Labute approximate surface area is 166 Å². The van der Waals surface area contributed by atoms with Gasteiger partial charge in [-0.2, -0.15) is 0 Å². The van der Waals surface area contributed by atoms with E-state index in [4.69, 9.17) is 14.2 Å². The Morgan fingerprint density at radius 2 is 1.96 bits per heavy atom. The van der Waals surface area contributed by atoms with Crippen molar-refractivity contribution >= 4 is 5.96 Å². The smallest absolute Gasteiger partial charge is 0.191 e. The summed E-state index contributed by atoms with van der Waals surface area (Å²) in [6, 6.07) is 3.00. The topological polar surface area (TPSA) is 64.1 Å². The lowest BCUT2D eigenvalue weighted by molar-refractivity contribution is -0.0172. The third-order valence-electron chi connectivity index (χ3n) is 5.21. The fourth-order valence-electron chi connectivity index (χ4n) is 3.78. The van der Waals surface area contributed by atoms with Gasteiger partial charge in [0.15, 0.2) is 12.8 Å². The molecule has 1 aliphatic heterocycles. The average Bonchev–Trinajstić information content (AvgIpc) is 2.98. The molecule has 6 nitrogen and oxygen atoms in total. The molecule has 28 heavy (non-hydrogen) atoms. The van der Waals surface area contributed by atoms with E-state index < -0.39 is 0 Å². The molecule has 0 unspecified atom stereocenters. The first-order valence-electron chi connectivity index (χ1n) is 10.3. The minimum atomic E-state index is -0.263. The number of nitrogens with one attached hydrogen (secondary N) is 2. The number of hydrogen-bond acceptors (Lipinski definition) is 4. The highest BCUT2D eigenvalue weighted by Gasteiger charge is 2.17. The molecule has 1 heterocycles. The van der Waals surface area contributed by atoms with Crippen LogP contribution in [0.2, 0.25) is 0 Å². The zero-order chi connectivity index (χ0) is 19.6. The minimum absolute atomic E-state index is 0.212. The predicted molar refractivity (Wildman–Crippen MR) is 107 cm³/mol. The summed E-state index contributed by atoms with van der Waals surface area (Å²) in [5, 5.41) is 6.54. The average molecular weight is 394 g/mol. The summed E-state index contributed by atoms with van der Waals surface area (Å²) in [5.41, 5.74) is 1.61. The molecule has 0 bridgehead atoms. The van der Waals surface area contributed by atoms with Gasteiger partial charge >= 0.3 is 0 Å². The maximum atomic E-state index is 13.8. The Kier molecular flexibility index (Phi) is 8.36. The van der Waals surface area contributed by atoms with Gasteiger partial charge < -0.3 is 24.8 Å². The van der Waals surface area contributed by atoms with Crippen molar-refractivity contribution in [1.29, 1.82) is 0 Å². The van der Waals surface area contributed by atoms with E-state index in [0.29, 0.717) is 38.8 Å². The molecule has 0 saturated heterocycles. The van der Waals surface area contributed by atoms with Crippen LogP contribution < -0.4 is 15.4 Å². The molecule has 1 aromatic rings. The van der Waals surface area contributed by atoms with Gasteiger partial charge in [0, 0.05) is 25.7 Å². The van der Waals surface area contributed by atoms with Crippen molar-refractivity contribution in [1.82, 2.24) is 10.6 Å². The Hall–Kier alpha value is -1.86. The second-order valence-electron chi connectivity index (χ2n) is 7.32. The van der Waals surface area contributed by atoms with Crippen molar-refractivity contribution in [3.8, 4) is 5.75 Å². The third-order valence-corrected chi connectivity index (χ3v) is 5.21. The van der Waals surface area contributed by atoms with Crippen LogP contribution in [0.25, 0.3) is 0 Å². The van der Waals surface area contributed by atoms with Gasteiger partial charge in [0.05, 0.1) is 19.3 Å². The molecule has 156 valence electrons. The summed E-state index contributed by atoms with van der Waals surface area (Å²) in [4.78, 5) is 4.24. The highest BCUT2D eigenvalue weighted by Crippen LogP contribution is 2.29. The molecule has 1 fully saturated rings. The summed E-state index contributed by atoms with van der Waals surface area (Å²) in [6.45, 7) is 2.62. The number of ether oxygens (including phenoxy) is 3. The van der Waals surface area contributed by atoms with Crippen molar-refractivity contribution < 1.29 is 18.6 Å². The van der Waals surface area contributed by atoms with Gasteiger partial charge in [0.2, 0.25) is 0 Å². The van der Waals surface area contributed by atoms with Crippen molar-refractivity contribution in [2.24, 2.45) is 4.99 Å². The number of rotatable bonds is 7. The Morgan fingerprint density at radius 1 is 1.18 bits per heavy atom. The Morgan fingerprint density at radius 3 is 2.75 bits per heavy atom. The summed E-state index contributed by atoms with van der Waals surface area (Å²) in [7, 11) is 1.74. The second kappa shape index (κ2) is 11.2. The van der Waals surface area contributed by atoms with Crippen LogP contribution in [-0.4, -0.2) is 45.6 Å². The number of fused-ring (bicyclic) bond motifs is 1. The quantitative estimate of drug-likeness (QED) is 0.323. The fourth-order valence-corrected chi connectivity index (χ4v) is 3.78. The van der Waals surface area contributed by atoms with E-state index in [2.05, 4.69) is 15.6 Å². The SMILES string of the molecule is CN=C(NCCOC1CCCCCC1)NCCc1cc(F)cc2c1OCOC2. The van der Waals surface area contributed by atoms with E-state index in [9.17, 15) is 4.39 Å². The third kappa shape index (κ3) is 6.34. The van der Waals surface area contributed by atoms with E-state index in [0.717, 1.165) is 22.8 Å². The lowest BCUT2D eigenvalue weighted by atomic mass is 10.1. The number of halogens is 1. The Bertz CT molecular complexity index is 646. The first kappa shape index (κ1) is 20.9. The fraction of sp³-hybridized carbons (Fsp3) is 0.667. The Balaban J connectivity index is 1.38. The largest absolute Gasteiger partial charge is 0.467 e. The van der Waals surface area contributed by atoms with Crippen molar-refractivity contribution in [2.45, 2.75) is 57.7 Å². The van der Waals surface area contributed by atoms with Crippen LogP contribution in [0, 0.1) is 5.82 Å². The molecule has 3 rings (SSSR count). The molecule has 0 atom stereocenters. The minimum Gasteiger partial charge on any atom is -0.467 e. The molecule has 0 amide bonds. The molecule has 2 aliphatic rings. The molecule has 0 radical (unpaired) electrons. The summed E-state index contributed by atoms with van der Waals surface area (Å²) >= 11 is 0. The second-order valence-corrected chi connectivity index (χ2v) is 7.32. The molecule has 0 spiro atoms. The summed E-state index contributed by atoms with van der Waals surface area (Å²) < 4.78 is 30.6. The van der Waals surface area contributed by atoms with Crippen molar-refractivity contribution in [3.63, 3.8) is 0 Å². The maximum Gasteiger partial charge on any atom is 0.191 e. The highest BCUT2D eigenvalue weighted by atomic mass is 19.1. The lowest BCUT2D eigenvalue weighted by Crippen LogP contribution is -2.40. The van der Waals surface area contributed by atoms with Crippen LogP contribution in [-0.2, 0) is 22.5 Å². The van der Waals surface area contributed by atoms with E-state index in [-0.39, 0.29) is 12.6 Å². The van der Waals surface area contributed by atoms with Crippen LogP contribution in [0.3, 0.4) is 0 Å². The zero-order valence-corrected chi connectivity index (χ0v) is 16.8. The molecular weight excluding hydrogens is 361 g/mol. The molecule has 0 aromatic heterocycles. The molecule has 1 saturated carbocycles. The first-order valence-corrected chi connectivity index (χ1v) is 10.3. The molecule has 1 aliphatic carbocycles. The van der Waals surface area contributed by atoms with Gasteiger partial charge in [-0.05, 0) is 37.0 Å². The summed E-state index contributed by atoms with van der Waals surface area (Å²) in [5.74, 6) is 1.20. The van der Waals surface area contributed by atoms with E-state index in [1.807, 2.05) is 0 Å². The monoisotopic (exact) mass is 393 g/mol. The van der Waals surface area contributed by atoms with E-state index in [1.54, 1.807) is 7.05 Å². The maximum absolute atomic E-state index is 13.8. The van der Waals surface area contributed by atoms with Crippen LogP contribution in [0.15, 0.2) is 17.1 Å². The number of hydrogen-bond donors (Lipinski definition) is 2. The lowest BCUT2D eigenvalue weighted by Gasteiger charge is -2.21. The molecule has 1 aromatic carbocycles. The van der Waals surface area contributed by atoms with Crippen LogP contribution in [0.1, 0.15) is 49.7 Å². The molecule has 2 N–H and O–H groups in total. The molecular formula is C21H32FN3O3. The number of guanidine groups is 1. The standard InChI is InChI=1S/C21H32FN3O3/c1-23-21(25-10-11-27-19-6-4-2-3-5-7-19)24-9-8-16-12-18(22)13-17-14-26-15-28-20(16)17/h12-13,19H,2-11,14-15H2,1H3,(H2,23,24,25). The van der Waals surface area contributed by atoms with Crippen LogP contribution in [0.5, 0.6) is 5.75 Å². The summed E-state index contributed by atoms with van der Waals surface area (Å²) in [6.07, 6.45) is 8.63. The highest BCUT2D eigenvalue weighted by molar-refractivity contribution is 5.79. The predicted octanol–water partition coefficient (Wildman–Crippen LogP) is 3.14. The van der Waals surface area contributed by atoms with E-state index >= 15 is 0 Å². The van der Waals surface area contributed by atoms with Gasteiger partial charge in [0.1, 0.15) is 11.6 Å². The van der Waals surface area contributed by atoms with Gasteiger partial charge in [0.25, 0.3) is 0 Å². The van der Waals surface area contributed by atoms with E-state index in [1.165, 1.54) is 50.7 Å². The number of aliphatic imine (C=N–C) groups is 1. The van der Waals surface area contributed by atoms with Gasteiger partial charge in [-0.15, -0.1) is 0 Å². The van der Waals surface area contributed by atoms with Crippen LogP contribution in [0.4, 0.5) is 4.39 Å². The van der Waals surface area contributed by atoms with Gasteiger partial charge in [-0.1, -0.05) is 25.7 Å². The van der Waals surface area contributed by atoms with Crippen molar-refractivity contribution in [2.75, 3.05) is 33.5 Å². The number of nitrogens with zero attached hydrogens (tertiary/aromatic N) is 1. The first-order chi connectivity index (χ1) is 13.8. The number of benzene rings is 1. The van der Waals surface area contributed by atoms with Crippen LogP contribution >= 0.6 is 0 Å². The van der Waals surface area contributed by atoms with Gasteiger partial charge in [-0.3, -0.25) is 4.99 Å². The molecule has 7 heteroatoms.